The molecule has 0 bridgehead atoms. The molecule has 34 heavy (non-hydrogen) atoms. The first-order valence-corrected chi connectivity index (χ1v) is 12.2. The van der Waals surface area contributed by atoms with Crippen LogP contribution in [0.25, 0.3) is 16.3 Å². The Hall–Kier alpha value is -3.42. The SMILES string of the molecule is COCCCN(Cc1cn(-c2ccccc2)nc1-c1cccs1)C(=O)Nc1cc(C)ccc1C. The van der Waals surface area contributed by atoms with Gasteiger partial charge in [0.1, 0.15) is 5.69 Å². The minimum absolute atomic E-state index is 0.130. The average molecular weight is 475 g/mol. The first-order chi connectivity index (χ1) is 16.5. The number of thiophene rings is 1. The third-order valence-electron chi connectivity index (χ3n) is 5.62. The molecule has 2 aromatic heterocycles. The van der Waals surface area contributed by atoms with Crippen molar-refractivity contribution in [2.75, 3.05) is 25.6 Å². The molecule has 0 saturated heterocycles. The van der Waals surface area contributed by atoms with E-state index in [0.717, 1.165) is 45.1 Å². The summed E-state index contributed by atoms with van der Waals surface area (Å²) in [5, 5.41) is 10.0. The summed E-state index contributed by atoms with van der Waals surface area (Å²) in [6.45, 7) is 5.64. The van der Waals surface area contributed by atoms with Gasteiger partial charge in [0.15, 0.2) is 0 Å². The van der Waals surface area contributed by atoms with Gasteiger partial charge in [-0.25, -0.2) is 9.48 Å². The van der Waals surface area contributed by atoms with Gasteiger partial charge in [0.25, 0.3) is 0 Å². The largest absolute Gasteiger partial charge is 0.385 e. The summed E-state index contributed by atoms with van der Waals surface area (Å²) >= 11 is 1.65. The molecule has 0 spiro atoms. The molecule has 0 radical (unpaired) electrons. The lowest BCUT2D eigenvalue weighted by Crippen LogP contribution is -2.36. The van der Waals surface area contributed by atoms with Gasteiger partial charge in [-0.15, -0.1) is 11.3 Å². The number of aromatic nitrogens is 2. The number of benzene rings is 2. The second-order valence-electron chi connectivity index (χ2n) is 8.28. The van der Waals surface area contributed by atoms with Crippen molar-refractivity contribution in [2.45, 2.75) is 26.8 Å². The molecule has 176 valence electrons. The molecule has 6 nitrogen and oxygen atoms in total. The zero-order valence-corrected chi connectivity index (χ0v) is 20.6. The highest BCUT2D eigenvalue weighted by Gasteiger charge is 2.20. The number of nitrogens with one attached hydrogen (secondary N) is 1. The van der Waals surface area contributed by atoms with Gasteiger partial charge in [0.2, 0.25) is 0 Å². The van der Waals surface area contributed by atoms with Crippen LogP contribution in [0.5, 0.6) is 0 Å². The number of aryl methyl sites for hydroxylation is 2. The topological polar surface area (TPSA) is 59.4 Å². The number of urea groups is 1. The van der Waals surface area contributed by atoms with E-state index < -0.39 is 0 Å². The zero-order valence-electron chi connectivity index (χ0n) is 19.8. The Bertz CT molecular complexity index is 1220. The quantitative estimate of drug-likeness (QED) is 0.290. The fourth-order valence-electron chi connectivity index (χ4n) is 3.78. The number of rotatable bonds is 9. The van der Waals surface area contributed by atoms with Gasteiger partial charge in [-0.1, -0.05) is 36.4 Å². The fraction of sp³-hybridized carbons (Fsp3) is 0.259. The van der Waals surface area contributed by atoms with E-state index in [1.54, 1.807) is 18.4 Å². The molecule has 0 aliphatic heterocycles. The van der Waals surface area contributed by atoms with E-state index in [4.69, 9.17) is 9.84 Å². The lowest BCUT2D eigenvalue weighted by molar-refractivity contribution is 0.172. The predicted molar refractivity (Wildman–Crippen MR) is 139 cm³/mol. The molecule has 2 amide bonds. The molecule has 0 saturated carbocycles. The van der Waals surface area contributed by atoms with Crippen LogP contribution in [0.15, 0.2) is 72.2 Å². The lowest BCUT2D eigenvalue weighted by Gasteiger charge is -2.23. The Morgan fingerprint density at radius 3 is 2.68 bits per heavy atom. The van der Waals surface area contributed by atoms with Gasteiger partial charge < -0.3 is 15.0 Å². The van der Waals surface area contributed by atoms with Crippen molar-refractivity contribution in [3.8, 4) is 16.3 Å². The summed E-state index contributed by atoms with van der Waals surface area (Å²) in [7, 11) is 1.68. The van der Waals surface area contributed by atoms with Crippen LogP contribution in [0.3, 0.4) is 0 Å². The highest BCUT2D eigenvalue weighted by Crippen LogP contribution is 2.29. The molecule has 2 heterocycles. The number of methoxy groups -OCH3 is 1. The van der Waals surface area contributed by atoms with Crippen LogP contribution in [0.1, 0.15) is 23.1 Å². The second kappa shape index (κ2) is 11.1. The van der Waals surface area contributed by atoms with Crippen molar-refractivity contribution in [3.63, 3.8) is 0 Å². The predicted octanol–water partition coefficient (Wildman–Crippen LogP) is 6.29. The monoisotopic (exact) mass is 474 g/mol. The minimum Gasteiger partial charge on any atom is -0.385 e. The van der Waals surface area contributed by atoms with E-state index in [-0.39, 0.29) is 6.03 Å². The van der Waals surface area contributed by atoms with Gasteiger partial charge >= 0.3 is 6.03 Å². The number of ether oxygens (including phenoxy) is 1. The maximum absolute atomic E-state index is 13.4. The molecular formula is C27H30N4O2S. The molecule has 4 rings (SSSR count). The van der Waals surface area contributed by atoms with Crippen LogP contribution in [-0.2, 0) is 11.3 Å². The highest BCUT2D eigenvalue weighted by atomic mass is 32.1. The van der Waals surface area contributed by atoms with Gasteiger partial charge in [0, 0.05) is 37.7 Å². The van der Waals surface area contributed by atoms with Crippen molar-refractivity contribution in [1.82, 2.24) is 14.7 Å². The van der Waals surface area contributed by atoms with Crippen LogP contribution in [0, 0.1) is 13.8 Å². The number of hydrogen-bond donors (Lipinski definition) is 1. The third-order valence-corrected chi connectivity index (χ3v) is 6.50. The highest BCUT2D eigenvalue weighted by molar-refractivity contribution is 7.13. The standard InChI is InChI=1S/C27H30N4O2S/c1-20-12-13-21(2)24(17-20)28-27(32)30(14-8-15-33-3)18-22-19-31(23-9-5-4-6-10-23)29-26(22)25-11-7-16-34-25/h4-7,9-13,16-17,19H,8,14-15,18H2,1-3H3,(H,28,32). The van der Waals surface area contributed by atoms with Crippen molar-refractivity contribution in [3.05, 3.63) is 88.9 Å². The Morgan fingerprint density at radius 2 is 1.94 bits per heavy atom. The number of para-hydroxylation sites is 1. The maximum Gasteiger partial charge on any atom is 0.322 e. The number of anilines is 1. The summed E-state index contributed by atoms with van der Waals surface area (Å²) in [6.07, 6.45) is 2.77. The van der Waals surface area contributed by atoms with Crippen molar-refractivity contribution >= 4 is 23.1 Å². The third kappa shape index (κ3) is 5.73. The summed E-state index contributed by atoms with van der Waals surface area (Å²) in [5.74, 6) is 0. The summed E-state index contributed by atoms with van der Waals surface area (Å²) in [4.78, 5) is 16.3. The van der Waals surface area contributed by atoms with Gasteiger partial charge in [-0.2, -0.15) is 5.10 Å². The molecule has 7 heteroatoms. The van der Waals surface area contributed by atoms with Gasteiger partial charge in [0.05, 0.1) is 17.1 Å². The van der Waals surface area contributed by atoms with Gasteiger partial charge in [-0.3, -0.25) is 0 Å². The Labute approximate surface area is 204 Å². The molecule has 2 aromatic carbocycles. The molecule has 0 atom stereocenters. The van der Waals surface area contributed by atoms with E-state index in [1.807, 2.05) is 89.6 Å². The average Bonchev–Trinajstić information content (AvgIpc) is 3.51. The number of amides is 2. The van der Waals surface area contributed by atoms with Crippen LogP contribution >= 0.6 is 11.3 Å². The van der Waals surface area contributed by atoms with E-state index in [2.05, 4.69) is 11.4 Å². The molecule has 4 aromatic rings. The minimum atomic E-state index is -0.130. The zero-order chi connectivity index (χ0) is 23.9. The van der Waals surface area contributed by atoms with E-state index in [1.165, 1.54) is 0 Å². The molecule has 0 aliphatic rings. The maximum atomic E-state index is 13.4. The number of carbonyl (C=O) groups excluding carboxylic acids is 1. The molecule has 0 fully saturated rings. The van der Waals surface area contributed by atoms with Gasteiger partial charge in [-0.05, 0) is 61.0 Å². The summed E-state index contributed by atoms with van der Waals surface area (Å²) in [5.41, 5.74) is 5.86. The number of hydrogen-bond acceptors (Lipinski definition) is 4. The molecule has 0 aliphatic carbocycles. The van der Waals surface area contributed by atoms with Crippen LogP contribution in [0.2, 0.25) is 0 Å². The van der Waals surface area contributed by atoms with Crippen LogP contribution in [-0.4, -0.2) is 41.0 Å². The molecular weight excluding hydrogens is 444 g/mol. The summed E-state index contributed by atoms with van der Waals surface area (Å²) < 4.78 is 7.14. The first-order valence-electron chi connectivity index (χ1n) is 11.3. The van der Waals surface area contributed by atoms with E-state index >= 15 is 0 Å². The molecule has 1 N–H and O–H groups in total. The Kier molecular flexibility index (Phi) is 7.77. The lowest BCUT2D eigenvalue weighted by atomic mass is 10.1. The van der Waals surface area contributed by atoms with E-state index in [9.17, 15) is 4.79 Å². The molecule has 0 unspecified atom stereocenters. The van der Waals surface area contributed by atoms with Crippen molar-refractivity contribution in [2.24, 2.45) is 0 Å². The van der Waals surface area contributed by atoms with Crippen molar-refractivity contribution < 1.29 is 9.53 Å². The first kappa shape index (κ1) is 23.7. The Morgan fingerprint density at radius 1 is 1.12 bits per heavy atom. The van der Waals surface area contributed by atoms with Crippen molar-refractivity contribution in [1.29, 1.82) is 0 Å². The number of nitrogens with zero attached hydrogens (tertiary/aromatic N) is 3. The van der Waals surface area contributed by atoms with Crippen LogP contribution in [0.4, 0.5) is 10.5 Å². The second-order valence-corrected chi connectivity index (χ2v) is 9.22. The summed E-state index contributed by atoms with van der Waals surface area (Å²) in [6, 6.07) is 20.1. The van der Waals surface area contributed by atoms with Crippen LogP contribution < -0.4 is 5.32 Å². The smallest absolute Gasteiger partial charge is 0.322 e. The Balaban J connectivity index is 1.64. The number of carbonyl (C=O) groups is 1. The fourth-order valence-corrected chi connectivity index (χ4v) is 4.53. The van der Waals surface area contributed by atoms with E-state index in [0.29, 0.717) is 19.7 Å². The normalized spacial score (nSPS) is 10.9.